The Morgan fingerprint density at radius 1 is 1.11 bits per heavy atom. The number of ether oxygens (including phenoxy) is 1. The van der Waals surface area contributed by atoms with Gasteiger partial charge in [0.15, 0.2) is 0 Å². The number of aromatic nitrogens is 1. The van der Waals surface area contributed by atoms with Crippen LogP contribution in [0.1, 0.15) is 12.6 Å². The normalized spacial score (nSPS) is 11.0. The van der Waals surface area contributed by atoms with E-state index in [1.807, 2.05) is 73.7 Å². The van der Waals surface area contributed by atoms with Crippen LogP contribution in [0.4, 0.5) is 5.69 Å². The lowest BCUT2D eigenvalue weighted by Crippen LogP contribution is -2.14. The zero-order valence-electron chi connectivity index (χ0n) is 15.7. The monoisotopic (exact) mass is 423 g/mol. The Morgan fingerprint density at radius 3 is 2.56 bits per heavy atom. The molecule has 1 heterocycles. The molecule has 1 aromatic heterocycles. The average Bonchev–Trinajstić information content (AvgIpc) is 2.70. The number of aryl methyl sites for hydroxylation is 1. The van der Waals surface area contributed by atoms with Gasteiger partial charge in [-0.25, -0.2) is 9.98 Å². The van der Waals surface area contributed by atoms with Crippen molar-refractivity contribution in [3.63, 3.8) is 0 Å². The molecule has 0 unspecified atom stereocenters. The molecule has 0 bridgehead atoms. The van der Waals surface area contributed by atoms with Crippen molar-refractivity contribution in [1.82, 2.24) is 9.88 Å². The third-order valence-electron chi connectivity index (χ3n) is 4.18. The Bertz CT molecular complexity index is 942. The lowest BCUT2D eigenvalue weighted by Gasteiger charge is -2.13. The Morgan fingerprint density at radius 2 is 1.81 bits per heavy atom. The molecule has 138 valence electrons. The first-order valence-electron chi connectivity index (χ1n) is 8.82. The maximum absolute atomic E-state index is 6.16. The van der Waals surface area contributed by atoms with Gasteiger partial charge in [-0.3, -0.25) is 0 Å². The lowest BCUT2D eigenvalue weighted by molar-refractivity contribution is 0.460. The van der Waals surface area contributed by atoms with Gasteiger partial charge >= 0.3 is 0 Å². The van der Waals surface area contributed by atoms with Gasteiger partial charge in [-0.2, -0.15) is 0 Å². The summed E-state index contributed by atoms with van der Waals surface area (Å²) in [5.74, 6) is 1.29. The van der Waals surface area contributed by atoms with E-state index in [2.05, 4.69) is 45.0 Å². The molecular weight excluding hydrogens is 402 g/mol. The van der Waals surface area contributed by atoms with Crippen LogP contribution in [-0.4, -0.2) is 29.8 Å². The van der Waals surface area contributed by atoms with Gasteiger partial charge in [0.25, 0.3) is 0 Å². The molecule has 0 radical (unpaired) electrons. The Labute approximate surface area is 168 Å². The van der Waals surface area contributed by atoms with Crippen LogP contribution < -0.4 is 4.74 Å². The summed E-state index contributed by atoms with van der Waals surface area (Å²) >= 11 is 3.57. The fourth-order valence-corrected chi connectivity index (χ4v) is 2.90. The Balaban J connectivity index is 1.91. The first kappa shape index (κ1) is 19.1. The SMILES string of the molecule is CCN(C)C=Nc1cc(Br)c(Oc2ccccc2-c2ccccc2)nc1C. The molecule has 0 saturated carbocycles. The molecule has 0 saturated heterocycles. The molecule has 0 atom stereocenters. The maximum Gasteiger partial charge on any atom is 0.234 e. The summed E-state index contributed by atoms with van der Waals surface area (Å²) in [6, 6.07) is 20.1. The highest BCUT2D eigenvalue weighted by molar-refractivity contribution is 9.10. The number of para-hydroxylation sites is 1. The minimum Gasteiger partial charge on any atom is -0.437 e. The van der Waals surface area contributed by atoms with E-state index in [1.54, 1.807) is 0 Å². The fourth-order valence-electron chi connectivity index (χ4n) is 2.51. The van der Waals surface area contributed by atoms with E-state index in [1.165, 1.54) is 0 Å². The van der Waals surface area contributed by atoms with Gasteiger partial charge < -0.3 is 9.64 Å². The quantitative estimate of drug-likeness (QED) is 0.348. The number of hydrogen-bond donors (Lipinski definition) is 0. The van der Waals surface area contributed by atoms with Gasteiger partial charge in [-0.1, -0.05) is 48.5 Å². The van der Waals surface area contributed by atoms with E-state index in [0.29, 0.717) is 5.88 Å². The molecule has 0 N–H and O–H groups in total. The second-order valence-electron chi connectivity index (χ2n) is 6.16. The molecule has 0 spiro atoms. The van der Waals surface area contributed by atoms with Gasteiger partial charge in [0.2, 0.25) is 5.88 Å². The van der Waals surface area contributed by atoms with E-state index in [-0.39, 0.29) is 0 Å². The first-order chi connectivity index (χ1) is 13.1. The topological polar surface area (TPSA) is 37.7 Å². The summed E-state index contributed by atoms with van der Waals surface area (Å²) in [6.45, 7) is 4.91. The second kappa shape index (κ2) is 8.82. The summed E-state index contributed by atoms with van der Waals surface area (Å²) < 4.78 is 6.92. The summed E-state index contributed by atoms with van der Waals surface area (Å²) in [7, 11) is 1.99. The van der Waals surface area contributed by atoms with Crippen molar-refractivity contribution >= 4 is 28.0 Å². The molecule has 4 nitrogen and oxygen atoms in total. The standard InChI is InChI=1S/C22H22BrN3O/c1-4-26(3)15-24-20-14-19(23)22(25-16(20)2)27-21-13-9-8-12-18(21)17-10-6-5-7-11-17/h5-15H,4H2,1-3H3. The van der Waals surface area contributed by atoms with Crippen LogP contribution in [0.15, 0.2) is 70.1 Å². The molecule has 3 aromatic rings. The smallest absolute Gasteiger partial charge is 0.234 e. The van der Waals surface area contributed by atoms with Gasteiger partial charge in [0.05, 0.1) is 22.2 Å². The summed E-state index contributed by atoms with van der Waals surface area (Å²) in [4.78, 5) is 11.1. The van der Waals surface area contributed by atoms with Crippen LogP contribution in [0.2, 0.25) is 0 Å². The molecule has 0 aliphatic carbocycles. The van der Waals surface area contributed by atoms with Crippen LogP contribution in [0.5, 0.6) is 11.6 Å². The first-order valence-corrected chi connectivity index (χ1v) is 9.61. The molecule has 27 heavy (non-hydrogen) atoms. The van der Waals surface area contributed by atoms with Crippen LogP contribution in [-0.2, 0) is 0 Å². The molecule has 0 fully saturated rings. The number of rotatable bonds is 6. The van der Waals surface area contributed by atoms with E-state index < -0.39 is 0 Å². The van der Waals surface area contributed by atoms with Gasteiger partial charge in [-0.05, 0) is 47.5 Å². The van der Waals surface area contributed by atoms with E-state index >= 15 is 0 Å². The van der Waals surface area contributed by atoms with Crippen molar-refractivity contribution in [3.05, 3.63) is 70.8 Å². The fraction of sp³-hybridized carbons (Fsp3) is 0.182. The molecule has 3 rings (SSSR count). The third kappa shape index (κ3) is 4.74. The summed E-state index contributed by atoms with van der Waals surface area (Å²) in [5.41, 5.74) is 3.75. The number of aliphatic imine (C=N–C) groups is 1. The van der Waals surface area contributed by atoms with Crippen LogP contribution in [0.3, 0.4) is 0 Å². The minimum atomic E-state index is 0.527. The lowest BCUT2D eigenvalue weighted by atomic mass is 10.1. The molecule has 5 heteroatoms. The number of halogens is 1. The zero-order valence-corrected chi connectivity index (χ0v) is 17.3. The van der Waals surface area contributed by atoms with Gasteiger partial charge in [0, 0.05) is 19.2 Å². The van der Waals surface area contributed by atoms with Gasteiger partial charge in [0.1, 0.15) is 5.75 Å². The van der Waals surface area contributed by atoms with Crippen molar-refractivity contribution < 1.29 is 4.74 Å². The van der Waals surface area contributed by atoms with E-state index in [9.17, 15) is 0 Å². The van der Waals surface area contributed by atoms with Crippen molar-refractivity contribution in [2.75, 3.05) is 13.6 Å². The third-order valence-corrected chi connectivity index (χ3v) is 4.75. The zero-order chi connectivity index (χ0) is 19.2. The van der Waals surface area contributed by atoms with Crippen molar-refractivity contribution in [1.29, 1.82) is 0 Å². The Hall–Kier alpha value is -2.66. The highest BCUT2D eigenvalue weighted by Gasteiger charge is 2.12. The van der Waals surface area contributed by atoms with Crippen LogP contribution in [0, 0.1) is 6.92 Å². The average molecular weight is 424 g/mol. The van der Waals surface area contributed by atoms with Crippen LogP contribution in [0.25, 0.3) is 11.1 Å². The largest absolute Gasteiger partial charge is 0.437 e. The van der Waals surface area contributed by atoms with E-state index in [0.717, 1.165) is 39.3 Å². The minimum absolute atomic E-state index is 0.527. The maximum atomic E-state index is 6.16. The molecule has 0 aliphatic rings. The molecular formula is C22H22BrN3O. The predicted octanol–water partition coefficient (Wildman–Crippen LogP) is 6.22. The van der Waals surface area contributed by atoms with Crippen LogP contribution >= 0.6 is 15.9 Å². The molecule has 2 aromatic carbocycles. The number of benzene rings is 2. The highest BCUT2D eigenvalue weighted by atomic mass is 79.9. The van der Waals surface area contributed by atoms with Crippen molar-refractivity contribution in [2.45, 2.75) is 13.8 Å². The van der Waals surface area contributed by atoms with Gasteiger partial charge in [-0.15, -0.1) is 0 Å². The number of nitrogens with zero attached hydrogens (tertiary/aromatic N) is 3. The summed E-state index contributed by atoms with van der Waals surface area (Å²) in [5, 5.41) is 0. The van der Waals surface area contributed by atoms with Crippen molar-refractivity contribution in [3.8, 4) is 22.8 Å². The second-order valence-corrected chi connectivity index (χ2v) is 7.02. The molecule has 0 amide bonds. The number of hydrogen-bond acceptors (Lipinski definition) is 3. The summed E-state index contributed by atoms with van der Waals surface area (Å²) in [6.07, 6.45) is 1.81. The van der Waals surface area contributed by atoms with E-state index in [4.69, 9.17) is 4.74 Å². The number of pyridine rings is 1. The highest BCUT2D eigenvalue weighted by Crippen LogP contribution is 2.37. The Kier molecular flexibility index (Phi) is 6.24. The molecule has 0 aliphatic heterocycles. The predicted molar refractivity (Wildman–Crippen MR) is 115 cm³/mol. The van der Waals surface area contributed by atoms with Crippen molar-refractivity contribution in [2.24, 2.45) is 4.99 Å².